The molecule has 1 saturated heterocycles. The van der Waals surface area contributed by atoms with E-state index >= 15 is 0 Å². The Kier molecular flexibility index (Phi) is 6.46. The lowest BCUT2D eigenvalue weighted by atomic mass is 10.1. The van der Waals surface area contributed by atoms with Crippen LogP contribution in [0.4, 0.5) is 4.79 Å². The van der Waals surface area contributed by atoms with Gasteiger partial charge in [0.15, 0.2) is 5.03 Å². The Morgan fingerprint density at radius 1 is 1.15 bits per heavy atom. The van der Waals surface area contributed by atoms with Gasteiger partial charge >= 0.3 is 6.03 Å². The molecule has 2 N–H and O–H groups in total. The predicted molar refractivity (Wildman–Crippen MR) is 102 cm³/mol. The van der Waals surface area contributed by atoms with Crippen molar-refractivity contribution < 1.29 is 13.2 Å². The molecule has 1 fully saturated rings. The highest BCUT2D eigenvalue weighted by Crippen LogP contribution is 2.15. The molecule has 0 bridgehead atoms. The molecule has 1 aliphatic rings. The number of rotatable bonds is 6. The van der Waals surface area contributed by atoms with Gasteiger partial charge in [-0.3, -0.25) is 0 Å². The molecule has 2 amide bonds. The largest absolute Gasteiger partial charge is 0.338 e. The van der Waals surface area contributed by atoms with Crippen LogP contribution in [0.25, 0.3) is 0 Å². The Balaban J connectivity index is 1.45. The maximum atomic E-state index is 12.6. The van der Waals surface area contributed by atoms with Crippen LogP contribution in [0.1, 0.15) is 18.4 Å². The molecule has 0 radical (unpaired) electrons. The average Bonchev–Trinajstić information content (AvgIpc) is 3.11. The van der Waals surface area contributed by atoms with Crippen molar-refractivity contribution in [1.82, 2.24) is 24.5 Å². The van der Waals surface area contributed by atoms with Crippen molar-refractivity contribution in [2.45, 2.75) is 24.3 Å². The molecular weight excluding hydrogens is 366 g/mol. The molecule has 27 heavy (non-hydrogen) atoms. The van der Waals surface area contributed by atoms with Gasteiger partial charge in [0.05, 0.1) is 12.5 Å². The lowest BCUT2D eigenvalue weighted by molar-refractivity contribution is 0.200. The first-order valence-electron chi connectivity index (χ1n) is 9.12. The monoisotopic (exact) mass is 391 g/mol. The van der Waals surface area contributed by atoms with Crippen molar-refractivity contribution in [2.24, 2.45) is 0 Å². The lowest BCUT2D eigenvalue weighted by Gasteiger charge is -2.22. The smallest absolute Gasteiger partial charge is 0.317 e. The van der Waals surface area contributed by atoms with Crippen molar-refractivity contribution in [3.05, 3.63) is 48.4 Å². The number of amides is 2. The molecule has 1 aromatic carbocycles. The summed E-state index contributed by atoms with van der Waals surface area (Å²) in [5.41, 5.74) is 1.25. The highest BCUT2D eigenvalue weighted by molar-refractivity contribution is 7.89. The molecule has 2 aromatic rings. The number of imidazole rings is 1. The molecule has 1 aromatic heterocycles. The fourth-order valence-corrected chi connectivity index (χ4v) is 4.47. The molecule has 0 unspecified atom stereocenters. The molecule has 8 nitrogen and oxygen atoms in total. The Morgan fingerprint density at radius 3 is 2.70 bits per heavy atom. The summed E-state index contributed by atoms with van der Waals surface area (Å²) in [7, 11) is -3.59. The summed E-state index contributed by atoms with van der Waals surface area (Å²) >= 11 is 0. The first kappa shape index (κ1) is 19.4. The minimum atomic E-state index is -3.59. The number of nitrogens with zero attached hydrogens (tertiary/aromatic N) is 3. The van der Waals surface area contributed by atoms with Crippen LogP contribution in [-0.4, -0.2) is 66.3 Å². The van der Waals surface area contributed by atoms with Crippen LogP contribution in [0, 0.1) is 0 Å². The van der Waals surface area contributed by atoms with Crippen LogP contribution < -0.4 is 5.32 Å². The number of sulfonamides is 1. The van der Waals surface area contributed by atoms with E-state index in [2.05, 4.69) is 27.4 Å². The van der Waals surface area contributed by atoms with Crippen molar-refractivity contribution in [1.29, 1.82) is 0 Å². The number of aromatic amines is 1. The lowest BCUT2D eigenvalue weighted by Crippen LogP contribution is -2.43. The number of aryl methyl sites for hydroxylation is 1. The summed E-state index contributed by atoms with van der Waals surface area (Å²) < 4.78 is 26.5. The highest BCUT2D eigenvalue weighted by atomic mass is 32.2. The molecule has 0 saturated carbocycles. The van der Waals surface area contributed by atoms with Crippen LogP contribution in [0.15, 0.2) is 47.9 Å². The van der Waals surface area contributed by atoms with Crippen LogP contribution in [0.2, 0.25) is 0 Å². The van der Waals surface area contributed by atoms with Gasteiger partial charge in [0.2, 0.25) is 0 Å². The SMILES string of the molecule is O=C(NCCCc1ccccc1)N1CCCN(S(=O)(=O)c2cnc[nH]2)CC1. The van der Waals surface area contributed by atoms with Gasteiger partial charge in [-0.05, 0) is 24.8 Å². The van der Waals surface area contributed by atoms with E-state index in [9.17, 15) is 13.2 Å². The predicted octanol–water partition coefficient (Wildman–Crippen LogP) is 1.45. The first-order chi connectivity index (χ1) is 13.1. The van der Waals surface area contributed by atoms with Gasteiger partial charge in [-0.15, -0.1) is 0 Å². The Hall–Kier alpha value is -2.39. The Morgan fingerprint density at radius 2 is 1.96 bits per heavy atom. The van der Waals surface area contributed by atoms with E-state index in [0.29, 0.717) is 32.6 Å². The third kappa shape index (κ3) is 5.08. The second-order valence-corrected chi connectivity index (χ2v) is 8.39. The van der Waals surface area contributed by atoms with Gasteiger partial charge in [0.1, 0.15) is 0 Å². The van der Waals surface area contributed by atoms with E-state index in [1.807, 2.05) is 18.2 Å². The van der Waals surface area contributed by atoms with E-state index in [0.717, 1.165) is 12.8 Å². The van der Waals surface area contributed by atoms with E-state index in [4.69, 9.17) is 0 Å². The van der Waals surface area contributed by atoms with Crippen LogP contribution in [-0.2, 0) is 16.4 Å². The van der Waals surface area contributed by atoms with E-state index in [1.165, 1.54) is 22.4 Å². The number of benzene rings is 1. The molecule has 1 aliphatic heterocycles. The number of carbonyl (C=O) groups excluding carboxylic acids is 1. The summed E-state index contributed by atoms with van der Waals surface area (Å²) in [4.78, 5) is 20.5. The normalized spacial score (nSPS) is 16.1. The van der Waals surface area contributed by atoms with E-state index in [1.54, 1.807) is 4.90 Å². The second kappa shape index (κ2) is 9.01. The summed E-state index contributed by atoms with van der Waals surface area (Å²) in [5.74, 6) is 0. The summed E-state index contributed by atoms with van der Waals surface area (Å²) in [5, 5.41) is 3.02. The average molecular weight is 391 g/mol. The van der Waals surface area contributed by atoms with Gasteiger partial charge in [0.25, 0.3) is 10.0 Å². The third-order valence-corrected chi connectivity index (χ3v) is 6.42. The molecule has 146 valence electrons. The number of hydrogen-bond acceptors (Lipinski definition) is 4. The number of aromatic nitrogens is 2. The Labute approximate surface area is 159 Å². The van der Waals surface area contributed by atoms with E-state index < -0.39 is 10.0 Å². The van der Waals surface area contributed by atoms with Gasteiger partial charge in [-0.1, -0.05) is 30.3 Å². The third-order valence-electron chi connectivity index (χ3n) is 4.59. The minimum Gasteiger partial charge on any atom is -0.338 e. The van der Waals surface area contributed by atoms with Gasteiger partial charge in [-0.2, -0.15) is 4.31 Å². The van der Waals surface area contributed by atoms with Gasteiger partial charge in [-0.25, -0.2) is 18.2 Å². The maximum Gasteiger partial charge on any atom is 0.317 e. The zero-order valence-electron chi connectivity index (χ0n) is 15.2. The van der Waals surface area contributed by atoms with E-state index in [-0.39, 0.29) is 17.6 Å². The van der Waals surface area contributed by atoms with Gasteiger partial charge in [0, 0.05) is 32.7 Å². The van der Waals surface area contributed by atoms with Crippen LogP contribution in [0.5, 0.6) is 0 Å². The van der Waals surface area contributed by atoms with Crippen molar-refractivity contribution >= 4 is 16.1 Å². The summed E-state index contributed by atoms with van der Waals surface area (Å²) in [6.07, 6.45) is 5.03. The number of carbonyl (C=O) groups is 1. The molecule has 0 atom stereocenters. The molecule has 2 heterocycles. The molecule has 3 rings (SSSR count). The van der Waals surface area contributed by atoms with Gasteiger partial charge < -0.3 is 15.2 Å². The fourth-order valence-electron chi connectivity index (χ4n) is 3.10. The molecule has 9 heteroatoms. The molecule has 0 spiro atoms. The highest BCUT2D eigenvalue weighted by Gasteiger charge is 2.29. The van der Waals surface area contributed by atoms with Crippen molar-refractivity contribution in [2.75, 3.05) is 32.7 Å². The summed E-state index contributed by atoms with van der Waals surface area (Å²) in [6.45, 7) is 2.18. The number of H-pyrrole nitrogens is 1. The maximum absolute atomic E-state index is 12.6. The number of nitrogens with one attached hydrogen (secondary N) is 2. The Bertz CT molecular complexity index is 824. The van der Waals surface area contributed by atoms with Crippen LogP contribution >= 0.6 is 0 Å². The number of urea groups is 1. The molecule has 0 aliphatic carbocycles. The topological polar surface area (TPSA) is 98.4 Å². The second-order valence-electron chi connectivity index (χ2n) is 6.48. The minimum absolute atomic E-state index is 0.0845. The van der Waals surface area contributed by atoms with Crippen molar-refractivity contribution in [3.8, 4) is 0 Å². The zero-order chi connectivity index (χ0) is 19.1. The standard InChI is InChI=1S/C18H25N5O3S/c24-18(20-9-4-8-16-6-2-1-3-7-16)22-10-5-11-23(13-12-22)27(25,26)17-14-19-15-21-17/h1-3,6-7,14-15H,4-5,8-13H2,(H,19,21)(H,20,24). The quantitative estimate of drug-likeness (QED) is 0.728. The zero-order valence-corrected chi connectivity index (χ0v) is 16.0. The number of hydrogen-bond donors (Lipinski definition) is 2. The first-order valence-corrected chi connectivity index (χ1v) is 10.6. The summed E-state index contributed by atoms with van der Waals surface area (Å²) in [6, 6.07) is 10.0. The van der Waals surface area contributed by atoms with Crippen LogP contribution in [0.3, 0.4) is 0 Å². The fraction of sp³-hybridized carbons (Fsp3) is 0.444. The molecular formula is C18H25N5O3S. The van der Waals surface area contributed by atoms with Crippen molar-refractivity contribution in [3.63, 3.8) is 0 Å².